The molecule has 1 unspecified atom stereocenters. The van der Waals surface area contributed by atoms with Crippen LogP contribution in [0.3, 0.4) is 0 Å². The number of rotatable bonds is 4. The lowest BCUT2D eigenvalue weighted by Crippen LogP contribution is -2.14. The molecule has 0 aliphatic rings. The van der Waals surface area contributed by atoms with Gasteiger partial charge in [-0.2, -0.15) is 0 Å². The van der Waals surface area contributed by atoms with Crippen LogP contribution in [-0.2, 0) is 0 Å². The maximum absolute atomic E-state index is 13.0. The first-order chi connectivity index (χ1) is 8.10. The summed E-state index contributed by atoms with van der Waals surface area (Å²) in [5, 5.41) is 0. The van der Waals surface area contributed by atoms with Crippen molar-refractivity contribution >= 4 is 11.1 Å². The molecule has 4 heteroatoms. The molecule has 0 aliphatic carbocycles. The van der Waals surface area contributed by atoms with E-state index in [1.165, 1.54) is 12.1 Å². The molecule has 0 spiro atoms. The molecule has 1 aromatic carbocycles. The number of nitrogens with two attached hydrogens (primary N) is 1. The Morgan fingerprint density at radius 1 is 1.41 bits per heavy atom. The van der Waals surface area contributed by atoms with E-state index in [4.69, 9.17) is 10.2 Å². The molecule has 3 nitrogen and oxygen atoms in total. The summed E-state index contributed by atoms with van der Waals surface area (Å²) >= 11 is 0. The van der Waals surface area contributed by atoms with Crippen LogP contribution < -0.4 is 5.73 Å². The lowest BCUT2D eigenvalue weighted by atomic mass is 9.97. The number of nitrogens with zero attached hydrogens (tertiary/aromatic N) is 1. The summed E-state index contributed by atoms with van der Waals surface area (Å²) in [5.74, 6) is 0.927. The average Bonchev–Trinajstić information content (AvgIpc) is 2.68. The van der Waals surface area contributed by atoms with Crippen molar-refractivity contribution in [2.75, 3.05) is 6.54 Å². The largest absolute Gasteiger partial charge is 0.440 e. The summed E-state index contributed by atoms with van der Waals surface area (Å²) in [5.41, 5.74) is 6.90. The summed E-state index contributed by atoms with van der Waals surface area (Å²) in [6.07, 6.45) is 0.922. The first kappa shape index (κ1) is 12.0. The summed E-state index contributed by atoms with van der Waals surface area (Å²) in [7, 11) is 0. The molecule has 2 N–H and O–H groups in total. The van der Waals surface area contributed by atoms with E-state index in [2.05, 4.69) is 18.8 Å². The fourth-order valence-corrected chi connectivity index (χ4v) is 1.96. The highest BCUT2D eigenvalue weighted by atomic mass is 19.1. The normalized spacial score (nSPS) is 13.5. The van der Waals surface area contributed by atoms with Gasteiger partial charge in [0.2, 0.25) is 0 Å². The van der Waals surface area contributed by atoms with E-state index in [-0.39, 0.29) is 11.7 Å². The molecule has 0 aliphatic heterocycles. The highest BCUT2D eigenvalue weighted by Crippen LogP contribution is 2.26. The van der Waals surface area contributed by atoms with E-state index in [0.29, 0.717) is 29.5 Å². The Morgan fingerprint density at radius 3 is 2.82 bits per heavy atom. The SMILES string of the molecule is CC(C)CC(CN)c1nc2ccc(F)cc2o1. The third-order valence-corrected chi connectivity index (χ3v) is 2.76. The van der Waals surface area contributed by atoms with Crippen LogP contribution in [0.5, 0.6) is 0 Å². The zero-order valence-corrected chi connectivity index (χ0v) is 10.1. The van der Waals surface area contributed by atoms with E-state index in [1.54, 1.807) is 6.07 Å². The highest BCUT2D eigenvalue weighted by Gasteiger charge is 2.18. The molecule has 17 heavy (non-hydrogen) atoms. The van der Waals surface area contributed by atoms with Crippen LogP contribution in [0.25, 0.3) is 11.1 Å². The Labute approximate surface area is 99.8 Å². The first-order valence-electron chi connectivity index (χ1n) is 5.86. The number of oxazole rings is 1. The Hall–Kier alpha value is -1.42. The molecule has 2 aromatic rings. The van der Waals surface area contributed by atoms with Crippen molar-refractivity contribution in [3.63, 3.8) is 0 Å². The summed E-state index contributed by atoms with van der Waals surface area (Å²) in [6.45, 7) is 4.75. The van der Waals surface area contributed by atoms with Gasteiger partial charge >= 0.3 is 0 Å². The zero-order chi connectivity index (χ0) is 12.4. The molecular weight excluding hydrogens is 219 g/mol. The Balaban J connectivity index is 2.34. The molecule has 1 atom stereocenters. The van der Waals surface area contributed by atoms with Crippen LogP contribution in [-0.4, -0.2) is 11.5 Å². The molecule has 0 radical (unpaired) electrons. The molecule has 0 amide bonds. The van der Waals surface area contributed by atoms with Gasteiger partial charge in [0.25, 0.3) is 0 Å². The van der Waals surface area contributed by atoms with Gasteiger partial charge in [-0.15, -0.1) is 0 Å². The summed E-state index contributed by atoms with van der Waals surface area (Å²) in [6, 6.07) is 4.37. The molecule has 1 aromatic heterocycles. The number of aromatic nitrogens is 1. The van der Waals surface area contributed by atoms with Crippen molar-refractivity contribution in [3.8, 4) is 0 Å². The third kappa shape index (κ3) is 2.64. The van der Waals surface area contributed by atoms with Gasteiger partial charge in [0.15, 0.2) is 11.5 Å². The topological polar surface area (TPSA) is 52.0 Å². The smallest absolute Gasteiger partial charge is 0.199 e. The lowest BCUT2D eigenvalue weighted by Gasteiger charge is -2.12. The maximum Gasteiger partial charge on any atom is 0.199 e. The second-order valence-electron chi connectivity index (χ2n) is 4.73. The van der Waals surface area contributed by atoms with Crippen molar-refractivity contribution in [3.05, 3.63) is 29.9 Å². The van der Waals surface area contributed by atoms with E-state index < -0.39 is 0 Å². The van der Waals surface area contributed by atoms with Crippen molar-refractivity contribution in [1.82, 2.24) is 4.98 Å². The van der Waals surface area contributed by atoms with Crippen LogP contribution in [0.4, 0.5) is 4.39 Å². The second kappa shape index (κ2) is 4.84. The highest BCUT2D eigenvalue weighted by molar-refractivity contribution is 5.72. The molecule has 0 saturated carbocycles. The fraction of sp³-hybridized carbons (Fsp3) is 0.462. The third-order valence-electron chi connectivity index (χ3n) is 2.76. The van der Waals surface area contributed by atoms with Crippen LogP contribution in [0.15, 0.2) is 22.6 Å². The van der Waals surface area contributed by atoms with Crippen LogP contribution in [0.1, 0.15) is 32.1 Å². The van der Waals surface area contributed by atoms with Crippen molar-refractivity contribution in [2.24, 2.45) is 11.7 Å². The van der Waals surface area contributed by atoms with E-state index in [9.17, 15) is 4.39 Å². The van der Waals surface area contributed by atoms with Crippen molar-refractivity contribution < 1.29 is 8.81 Å². The Kier molecular flexibility index (Phi) is 3.43. The summed E-state index contributed by atoms with van der Waals surface area (Å²) in [4.78, 5) is 4.36. The van der Waals surface area contributed by atoms with Gasteiger partial charge in [-0.1, -0.05) is 13.8 Å². The minimum atomic E-state index is -0.312. The lowest BCUT2D eigenvalue weighted by molar-refractivity contribution is 0.414. The van der Waals surface area contributed by atoms with E-state index in [0.717, 1.165) is 6.42 Å². The molecule has 0 fully saturated rings. The average molecular weight is 236 g/mol. The molecule has 2 rings (SSSR count). The number of hydrogen-bond acceptors (Lipinski definition) is 3. The summed E-state index contributed by atoms with van der Waals surface area (Å²) < 4.78 is 18.6. The molecule has 92 valence electrons. The van der Waals surface area contributed by atoms with Gasteiger partial charge in [-0.3, -0.25) is 0 Å². The molecular formula is C13H17FN2O. The molecule has 0 bridgehead atoms. The Bertz CT molecular complexity index is 507. The molecule has 0 saturated heterocycles. The van der Waals surface area contributed by atoms with Gasteiger partial charge in [-0.25, -0.2) is 9.37 Å². The van der Waals surface area contributed by atoms with Gasteiger partial charge in [0.1, 0.15) is 11.3 Å². The number of benzene rings is 1. The maximum atomic E-state index is 13.0. The minimum absolute atomic E-state index is 0.102. The first-order valence-corrected chi connectivity index (χ1v) is 5.86. The monoisotopic (exact) mass is 236 g/mol. The van der Waals surface area contributed by atoms with Crippen LogP contribution >= 0.6 is 0 Å². The zero-order valence-electron chi connectivity index (χ0n) is 10.1. The number of hydrogen-bond donors (Lipinski definition) is 1. The number of halogens is 1. The number of fused-ring (bicyclic) bond motifs is 1. The quantitative estimate of drug-likeness (QED) is 0.887. The predicted molar refractivity (Wildman–Crippen MR) is 65.2 cm³/mol. The molecule has 1 heterocycles. The van der Waals surface area contributed by atoms with E-state index in [1.807, 2.05) is 0 Å². The van der Waals surface area contributed by atoms with Gasteiger partial charge in [-0.05, 0) is 24.5 Å². The minimum Gasteiger partial charge on any atom is -0.440 e. The Morgan fingerprint density at radius 2 is 2.18 bits per heavy atom. The van der Waals surface area contributed by atoms with Crippen LogP contribution in [0, 0.1) is 11.7 Å². The van der Waals surface area contributed by atoms with Gasteiger partial charge in [0.05, 0.1) is 0 Å². The van der Waals surface area contributed by atoms with Gasteiger partial charge < -0.3 is 10.2 Å². The fourth-order valence-electron chi connectivity index (χ4n) is 1.96. The van der Waals surface area contributed by atoms with Crippen molar-refractivity contribution in [2.45, 2.75) is 26.2 Å². The standard InChI is InChI=1S/C13H17FN2O/c1-8(2)5-9(7-15)13-16-11-4-3-10(14)6-12(11)17-13/h3-4,6,8-9H,5,7,15H2,1-2H3. The van der Waals surface area contributed by atoms with Crippen LogP contribution in [0.2, 0.25) is 0 Å². The van der Waals surface area contributed by atoms with Gasteiger partial charge in [0, 0.05) is 18.5 Å². The predicted octanol–water partition coefficient (Wildman–Crippen LogP) is 3.06. The van der Waals surface area contributed by atoms with Crippen molar-refractivity contribution in [1.29, 1.82) is 0 Å². The van der Waals surface area contributed by atoms with E-state index >= 15 is 0 Å². The second-order valence-corrected chi connectivity index (χ2v) is 4.73.